The van der Waals surface area contributed by atoms with Crippen LogP contribution in [-0.2, 0) is 6.54 Å². The summed E-state index contributed by atoms with van der Waals surface area (Å²) in [4.78, 5) is 14.5. The van der Waals surface area contributed by atoms with Crippen molar-refractivity contribution >= 4 is 22.4 Å². The summed E-state index contributed by atoms with van der Waals surface area (Å²) in [6.07, 6.45) is 1.97. The van der Waals surface area contributed by atoms with Gasteiger partial charge in [0.05, 0.1) is 5.00 Å². The van der Waals surface area contributed by atoms with Gasteiger partial charge in [-0.2, -0.15) is 0 Å². The number of halogens is 1. The largest absolute Gasteiger partial charge is 0.348 e. The number of carbonyl (C=O) groups excluding carboxylic acids is 1. The first-order valence-corrected chi connectivity index (χ1v) is 8.62. The Morgan fingerprint density at radius 3 is 2.79 bits per heavy atom. The number of thiophene rings is 1. The van der Waals surface area contributed by atoms with Gasteiger partial charge in [-0.05, 0) is 35.7 Å². The van der Waals surface area contributed by atoms with E-state index < -0.39 is 6.04 Å². The fourth-order valence-electron chi connectivity index (χ4n) is 3.15. The Bertz CT molecular complexity index is 859. The number of amides is 2. The highest BCUT2D eigenvalue weighted by molar-refractivity contribution is 7.14. The van der Waals surface area contributed by atoms with Crippen molar-refractivity contribution in [3.63, 3.8) is 0 Å². The maximum absolute atomic E-state index is 14.4. The Kier molecular flexibility index (Phi) is 3.82. The molecule has 1 aromatic carbocycles. The first-order chi connectivity index (χ1) is 11.7. The summed E-state index contributed by atoms with van der Waals surface area (Å²) in [6.45, 7) is 1.23. The van der Waals surface area contributed by atoms with Crippen LogP contribution in [0.1, 0.15) is 17.3 Å². The monoisotopic (exact) mass is 341 g/mol. The van der Waals surface area contributed by atoms with Crippen LogP contribution < -0.4 is 5.32 Å². The smallest absolute Gasteiger partial charge is 0.323 e. The third-order valence-corrected chi connectivity index (χ3v) is 5.04. The van der Waals surface area contributed by atoms with Crippen LogP contribution in [0.3, 0.4) is 0 Å². The minimum atomic E-state index is -0.435. The Balaban J connectivity index is 1.73. The predicted molar refractivity (Wildman–Crippen MR) is 92.7 cm³/mol. The highest BCUT2D eigenvalue weighted by atomic mass is 32.1. The summed E-state index contributed by atoms with van der Waals surface area (Å²) < 4.78 is 16.5. The summed E-state index contributed by atoms with van der Waals surface area (Å²) in [5, 5.41) is 5.60. The van der Waals surface area contributed by atoms with Crippen molar-refractivity contribution in [3.8, 4) is 0 Å². The molecule has 1 aliphatic heterocycles. The molecule has 2 aromatic heterocycles. The first kappa shape index (κ1) is 15.0. The fraction of sp³-hybridized carbons (Fsp3) is 0.167. The normalized spacial score (nSPS) is 16.7. The Morgan fingerprint density at radius 2 is 2.00 bits per heavy atom. The average molecular weight is 341 g/mol. The lowest BCUT2D eigenvalue weighted by Gasteiger charge is -2.37. The highest BCUT2D eigenvalue weighted by Gasteiger charge is 2.33. The number of nitrogens with one attached hydrogen (secondary N) is 1. The van der Waals surface area contributed by atoms with Crippen molar-refractivity contribution in [1.82, 2.24) is 9.47 Å². The molecule has 1 aliphatic rings. The minimum absolute atomic E-state index is 0.210. The van der Waals surface area contributed by atoms with Crippen molar-refractivity contribution < 1.29 is 9.18 Å². The number of rotatable bonds is 2. The number of fused-ring (bicyclic) bond motifs is 1. The summed E-state index contributed by atoms with van der Waals surface area (Å²) in [7, 11) is 0. The molecule has 2 amide bonds. The molecule has 3 aromatic rings. The van der Waals surface area contributed by atoms with E-state index in [1.54, 1.807) is 23.1 Å². The van der Waals surface area contributed by atoms with Gasteiger partial charge < -0.3 is 9.47 Å². The first-order valence-electron chi connectivity index (χ1n) is 7.74. The van der Waals surface area contributed by atoms with Gasteiger partial charge in [0.15, 0.2) is 0 Å². The van der Waals surface area contributed by atoms with Crippen LogP contribution in [0.15, 0.2) is 60.1 Å². The molecule has 6 heteroatoms. The summed E-state index contributed by atoms with van der Waals surface area (Å²) in [5.41, 5.74) is 1.44. The molecule has 1 unspecified atom stereocenters. The molecule has 0 spiro atoms. The third-order valence-electron chi connectivity index (χ3n) is 4.25. The highest BCUT2D eigenvalue weighted by Crippen LogP contribution is 2.34. The second-order valence-corrected chi connectivity index (χ2v) is 6.60. The second kappa shape index (κ2) is 6.13. The van der Waals surface area contributed by atoms with Gasteiger partial charge >= 0.3 is 6.03 Å². The standard InChI is InChI=1S/C18H16FN3OS/c19-14-6-2-1-5-13(14)17-15-7-3-9-21(15)10-11-22(17)18(23)20-16-8-4-12-24-16/h1-9,12,17H,10-11H2,(H,20,23). The summed E-state index contributed by atoms with van der Waals surface area (Å²) >= 11 is 1.46. The predicted octanol–water partition coefficient (Wildman–Crippen LogP) is 4.33. The lowest BCUT2D eigenvalue weighted by Crippen LogP contribution is -2.44. The van der Waals surface area contributed by atoms with Gasteiger partial charge in [0, 0.05) is 30.5 Å². The van der Waals surface area contributed by atoms with Gasteiger partial charge in [0.1, 0.15) is 11.9 Å². The van der Waals surface area contributed by atoms with E-state index in [0.29, 0.717) is 18.7 Å². The zero-order chi connectivity index (χ0) is 16.5. The fourth-order valence-corrected chi connectivity index (χ4v) is 3.76. The molecule has 0 saturated heterocycles. The van der Waals surface area contributed by atoms with E-state index in [-0.39, 0.29) is 11.8 Å². The average Bonchev–Trinajstić information content (AvgIpc) is 3.25. The molecule has 0 saturated carbocycles. The SMILES string of the molecule is O=C(Nc1cccs1)N1CCn2cccc2C1c1ccccc1F. The molecule has 4 rings (SSSR count). The van der Waals surface area contributed by atoms with Crippen molar-refractivity contribution in [1.29, 1.82) is 0 Å². The summed E-state index contributed by atoms with van der Waals surface area (Å²) in [6, 6.07) is 13.6. The zero-order valence-corrected chi connectivity index (χ0v) is 13.7. The van der Waals surface area contributed by atoms with Gasteiger partial charge in [0.25, 0.3) is 0 Å². The van der Waals surface area contributed by atoms with E-state index in [1.165, 1.54) is 17.4 Å². The van der Waals surface area contributed by atoms with Crippen molar-refractivity contribution in [2.45, 2.75) is 12.6 Å². The zero-order valence-electron chi connectivity index (χ0n) is 12.9. The maximum Gasteiger partial charge on any atom is 0.323 e. The topological polar surface area (TPSA) is 37.3 Å². The van der Waals surface area contributed by atoms with E-state index in [4.69, 9.17) is 0 Å². The van der Waals surface area contributed by atoms with E-state index in [2.05, 4.69) is 9.88 Å². The van der Waals surface area contributed by atoms with Crippen molar-refractivity contribution in [3.05, 3.63) is 77.2 Å². The summed E-state index contributed by atoms with van der Waals surface area (Å²) in [5.74, 6) is -0.300. The van der Waals surface area contributed by atoms with Crippen LogP contribution in [0.25, 0.3) is 0 Å². The number of nitrogens with zero attached hydrogens (tertiary/aromatic N) is 2. The van der Waals surface area contributed by atoms with E-state index in [9.17, 15) is 9.18 Å². The number of benzene rings is 1. The Hall–Kier alpha value is -2.60. The maximum atomic E-state index is 14.4. The molecule has 0 radical (unpaired) electrons. The minimum Gasteiger partial charge on any atom is -0.348 e. The van der Waals surface area contributed by atoms with Crippen molar-refractivity contribution in [2.24, 2.45) is 0 Å². The Morgan fingerprint density at radius 1 is 1.12 bits per heavy atom. The van der Waals surface area contributed by atoms with Crippen LogP contribution >= 0.6 is 11.3 Å². The number of carbonyl (C=O) groups is 1. The van der Waals surface area contributed by atoms with Crippen LogP contribution in [0.5, 0.6) is 0 Å². The number of anilines is 1. The van der Waals surface area contributed by atoms with Crippen LogP contribution in [0, 0.1) is 5.82 Å². The van der Waals surface area contributed by atoms with E-state index >= 15 is 0 Å². The van der Waals surface area contributed by atoms with E-state index in [1.807, 2.05) is 35.8 Å². The van der Waals surface area contributed by atoms with Gasteiger partial charge in [-0.3, -0.25) is 5.32 Å². The molecule has 0 fully saturated rings. The second-order valence-electron chi connectivity index (χ2n) is 5.65. The van der Waals surface area contributed by atoms with Gasteiger partial charge in [0.2, 0.25) is 0 Å². The number of urea groups is 1. The molecule has 1 atom stereocenters. The quantitative estimate of drug-likeness (QED) is 0.740. The lowest BCUT2D eigenvalue weighted by molar-refractivity contribution is 0.180. The molecule has 0 aliphatic carbocycles. The molecule has 1 N–H and O–H groups in total. The molecule has 4 nitrogen and oxygen atoms in total. The third kappa shape index (κ3) is 2.59. The molecule has 122 valence electrons. The number of hydrogen-bond donors (Lipinski definition) is 1. The van der Waals surface area contributed by atoms with Gasteiger partial charge in [-0.1, -0.05) is 18.2 Å². The molecular formula is C18H16FN3OS. The Labute approximate surface area is 143 Å². The van der Waals surface area contributed by atoms with Gasteiger partial charge in [-0.15, -0.1) is 11.3 Å². The van der Waals surface area contributed by atoms with Crippen LogP contribution in [0.2, 0.25) is 0 Å². The van der Waals surface area contributed by atoms with E-state index in [0.717, 1.165) is 10.7 Å². The molecule has 3 heterocycles. The number of hydrogen-bond acceptors (Lipinski definition) is 2. The van der Waals surface area contributed by atoms with Crippen LogP contribution in [0.4, 0.5) is 14.2 Å². The molecule has 24 heavy (non-hydrogen) atoms. The van der Waals surface area contributed by atoms with Crippen molar-refractivity contribution in [2.75, 3.05) is 11.9 Å². The van der Waals surface area contributed by atoms with Crippen LogP contribution in [-0.4, -0.2) is 22.0 Å². The molecule has 0 bridgehead atoms. The molecular weight excluding hydrogens is 325 g/mol. The lowest BCUT2D eigenvalue weighted by atomic mass is 9.99. The van der Waals surface area contributed by atoms with Gasteiger partial charge in [-0.25, -0.2) is 9.18 Å². The number of aromatic nitrogens is 1.